The number of nitrogens with zero attached hydrogens (tertiary/aromatic N) is 1. The minimum Gasteiger partial charge on any atom is -0.491 e. The van der Waals surface area contributed by atoms with Crippen LogP contribution in [0.5, 0.6) is 5.75 Å². The lowest BCUT2D eigenvalue weighted by atomic mass is 10.2. The predicted octanol–water partition coefficient (Wildman–Crippen LogP) is 1.91. The number of aliphatic hydroxyl groups excluding tert-OH is 1. The van der Waals surface area contributed by atoms with Crippen LogP contribution in [0.3, 0.4) is 0 Å². The number of ether oxygens (including phenoxy) is 1. The molecule has 1 fully saturated rings. The minimum absolute atomic E-state index is 0.368. The van der Waals surface area contributed by atoms with Crippen molar-refractivity contribution in [3.63, 3.8) is 0 Å². The molecule has 2 atom stereocenters. The SMILES string of the molecule is C[C@H]1CCCN1C[C@@H](O)COc1ccccc1. The monoisotopic (exact) mass is 235 g/mol. The summed E-state index contributed by atoms with van der Waals surface area (Å²) in [5.41, 5.74) is 0. The number of rotatable bonds is 5. The van der Waals surface area contributed by atoms with Gasteiger partial charge in [-0.2, -0.15) is 0 Å². The van der Waals surface area contributed by atoms with Gasteiger partial charge in [0, 0.05) is 12.6 Å². The zero-order chi connectivity index (χ0) is 12.1. The quantitative estimate of drug-likeness (QED) is 0.846. The fourth-order valence-corrected chi connectivity index (χ4v) is 2.30. The first-order valence-corrected chi connectivity index (χ1v) is 6.35. The molecule has 94 valence electrons. The lowest BCUT2D eigenvalue weighted by Crippen LogP contribution is -2.37. The average Bonchev–Trinajstić information content (AvgIpc) is 2.74. The molecule has 0 radical (unpaired) electrons. The molecule has 1 aromatic rings. The van der Waals surface area contributed by atoms with Crippen LogP contribution in [-0.4, -0.2) is 41.8 Å². The molecule has 1 N–H and O–H groups in total. The smallest absolute Gasteiger partial charge is 0.119 e. The third-order valence-electron chi connectivity index (χ3n) is 3.32. The summed E-state index contributed by atoms with van der Waals surface area (Å²) in [7, 11) is 0. The zero-order valence-corrected chi connectivity index (χ0v) is 10.4. The van der Waals surface area contributed by atoms with E-state index in [1.807, 2.05) is 30.3 Å². The largest absolute Gasteiger partial charge is 0.491 e. The van der Waals surface area contributed by atoms with E-state index in [-0.39, 0.29) is 0 Å². The van der Waals surface area contributed by atoms with Crippen molar-refractivity contribution in [3.8, 4) is 5.75 Å². The van der Waals surface area contributed by atoms with Gasteiger partial charge in [-0.15, -0.1) is 0 Å². The van der Waals surface area contributed by atoms with Crippen LogP contribution in [0.25, 0.3) is 0 Å². The van der Waals surface area contributed by atoms with Crippen LogP contribution in [0, 0.1) is 0 Å². The van der Waals surface area contributed by atoms with E-state index in [0.717, 1.165) is 12.3 Å². The van der Waals surface area contributed by atoms with Gasteiger partial charge in [0.1, 0.15) is 18.5 Å². The Morgan fingerprint density at radius 3 is 2.82 bits per heavy atom. The summed E-state index contributed by atoms with van der Waals surface area (Å²) in [6, 6.07) is 10.2. The van der Waals surface area contributed by atoms with Gasteiger partial charge in [0.15, 0.2) is 0 Å². The Morgan fingerprint density at radius 1 is 1.41 bits per heavy atom. The Hall–Kier alpha value is -1.06. The number of hydrogen-bond acceptors (Lipinski definition) is 3. The molecule has 0 unspecified atom stereocenters. The second-order valence-corrected chi connectivity index (χ2v) is 4.76. The molecule has 0 spiro atoms. The number of aliphatic hydroxyl groups is 1. The summed E-state index contributed by atoms with van der Waals surface area (Å²) in [5, 5.41) is 9.92. The average molecular weight is 235 g/mol. The molecule has 1 saturated heterocycles. The van der Waals surface area contributed by atoms with Gasteiger partial charge in [0.05, 0.1) is 0 Å². The highest BCUT2D eigenvalue weighted by molar-refractivity contribution is 5.20. The lowest BCUT2D eigenvalue weighted by molar-refractivity contribution is 0.0662. The Kier molecular flexibility index (Phi) is 4.40. The number of hydrogen-bond donors (Lipinski definition) is 1. The predicted molar refractivity (Wildman–Crippen MR) is 68.2 cm³/mol. The van der Waals surface area contributed by atoms with Crippen molar-refractivity contribution in [2.75, 3.05) is 19.7 Å². The van der Waals surface area contributed by atoms with Crippen LogP contribution in [0.15, 0.2) is 30.3 Å². The Balaban J connectivity index is 1.72. The van der Waals surface area contributed by atoms with E-state index >= 15 is 0 Å². The number of para-hydroxylation sites is 1. The summed E-state index contributed by atoms with van der Waals surface area (Å²) in [6.45, 7) is 4.41. The number of β-amino-alcohol motifs (C(OH)–C–C–N with tert-alkyl or cyclic N) is 1. The highest BCUT2D eigenvalue weighted by atomic mass is 16.5. The van der Waals surface area contributed by atoms with Gasteiger partial charge in [-0.25, -0.2) is 0 Å². The zero-order valence-electron chi connectivity index (χ0n) is 10.4. The van der Waals surface area contributed by atoms with Crippen molar-refractivity contribution in [2.24, 2.45) is 0 Å². The van der Waals surface area contributed by atoms with E-state index in [9.17, 15) is 5.11 Å². The molecule has 0 saturated carbocycles. The third-order valence-corrected chi connectivity index (χ3v) is 3.32. The van der Waals surface area contributed by atoms with Crippen molar-refractivity contribution in [1.29, 1.82) is 0 Å². The van der Waals surface area contributed by atoms with Crippen molar-refractivity contribution < 1.29 is 9.84 Å². The topological polar surface area (TPSA) is 32.7 Å². The minimum atomic E-state index is -0.407. The Morgan fingerprint density at radius 2 is 2.18 bits per heavy atom. The molecule has 3 nitrogen and oxygen atoms in total. The standard InChI is InChI=1S/C14H21NO2/c1-12-6-5-9-15(12)10-13(16)11-17-14-7-3-2-4-8-14/h2-4,7-8,12-13,16H,5-6,9-11H2,1H3/t12-,13+/m0/s1. The fraction of sp³-hybridized carbons (Fsp3) is 0.571. The van der Waals surface area contributed by atoms with Crippen LogP contribution < -0.4 is 4.74 Å². The second kappa shape index (κ2) is 6.03. The maximum atomic E-state index is 9.92. The first-order valence-electron chi connectivity index (χ1n) is 6.35. The third kappa shape index (κ3) is 3.72. The van der Waals surface area contributed by atoms with Gasteiger partial charge in [0.2, 0.25) is 0 Å². The van der Waals surface area contributed by atoms with E-state index in [1.165, 1.54) is 12.8 Å². The summed E-state index contributed by atoms with van der Waals surface area (Å²) < 4.78 is 5.54. The van der Waals surface area contributed by atoms with Crippen molar-refractivity contribution in [2.45, 2.75) is 31.9 Å². The van der Waals surface area contributed by atoms with Gasteiger partial charge in [0.25, 0.3) is 0 Å². The molecule has 0 aromatic heterocycles. The molecule has 0 aliphatic carbocycles. The maximum Gasteiger partial charge on any atom is 0.119 e. The van der Waals surface area contributed by atoms with Crippen LogP contribution in [0.4, 0.5) is 0 Å². The number of benzene rings is 1. The van der Waals surface area contributed by atoms with Crippen molar-refractivity contribution in [1.82, 2.24) is 4.90 Å². The highest BCUT2D eigenvalue weighted by Gasteiger charge is 2.22. The second-order valence-electron chi connectivity index (χ2n) is 4.76. The molecule has 1 aliphatic rings. The van der Waals surface area contributed by atoms with E-state index in [2.05, 4.69) is 11.8 Å². The molecular formula is C14H21NO2. The van der Waals surface area contributed by atoms with Gasteiger partial charge in [-0.05, 0) is 38.4 Å². The van der Waals surface area contributed by atoms with Crippen molar-refractivity contribution >= 4 is 0 Å². The maximum absolute atomic E-state index is 9.92. The van der Waals surface area contributed by atoms with Gasteiger partial charge < -0.3 is 9.84 Å². The van der Waals surface area contributed by atoms with Crippen LogP contribution >= 0.6 is 0 Å². The summed E-state index contributed by atoms with van der Waals surface area (Å²) in [6.07, 6.45) is 2.08. The molecule has 0 amide bonds. The van der Waals surface area contributed by atoms with Gasteiger partial charge in [-0.1, -0.05) is 18.2 Å². The number of likely N-dealkylation sites (tertiary alicyclic amines) is 1. The molecular weight excluding hydrogens is 214 g/mol. The molecule has 3 heteroatoms. The summed E-state index contributed by atoms with van der Waals surface area (Å²) in [4.78, 5) is 2.33. The molecule has 0 bridgehead atoms. The van der Waals surface area contributed by atoms with E-state index < -0.39 is 6.10 Å². The Bertz CT molecular complexity index is 328. The molecule has 1 aromatic carbocycles. The van der Waals surface area contributed by atoms with Crippen LogP contribution in [0.1, 0.15) is 19.8 Å². The molecule has 1 heterocycles. The van der Waals surface area contributed by atoms with Crippen LogP contribution in [0.2, 0.25) is 0 Å². The Labute approximate surface area is 103 Å². The van der Waals surface area contributed by atoms with E-state index in [1.54, 1.807) is 0 Å². The highest BCUT2D eigenvalue weighted by Crippen LogP contribution is 2.16. The molecule has 2 rings (SSSR count). The van der Waals surface area contributed by atoms with E-state index in [4.69, 9.17) is 4.74 Å². The van der Waals surface area contributed by atoms with Gasteiger partial charge >= 0.3 is 0 Å². The summed E-state index contributed by atoms with van der Waals surface area (Å²) >= 11 is 0. The molecule has 17 heavy (non-hydrogen) atoms. The fourth-order valence-electron chi connectivity index (χ4n) is 2.30. The lowest BCUT2D eigenvalue weighted by Gasteiger charge is -2.24. The first-order chi connectivity index (χ1) is 8.25. The van der Waals surface area contributed by atoms with Crippen LogP contribution in [-0.2, 0) is 0 Å². The van der Waals surface area contributed by atoms with E-state index in [0.29, 0.717) is 19.2 Å². The van der Waals surface area contributed by atoms with Crippen molar-refractivity contribution in [3.05, 3.63) is 30.3 Å². The summed E-state index contributed by atoms with van der Waals surface area (Å²) in [5.74, 6) is 0.820. The molecule has 1 aliphatic heterocycles. The normalized spacial score (nSPS) is 22.6. The first kappa shape index (κ1) is 12.4. The van der Waals surface area contributed by atoms with Gasteiger partial charge in [-0.3, -0.25) is 4.90 Å².